The van der Waals surface area contributed by atoms with Crippen molar-refractivity contribution in [1.29, 1.82) is 0 Å². The number of morpholine rings is 1. The largest absolute Gasteiger partial charge is 0.378 e. The number of nitrogens with zero attached hydrogens (tertiary/aromatic N) is 3. The van der Waals surface area contributed by atoms with Gasteiger partial charge in [0.05, 0.1) is 13.2 Å². The van der Waals surface area contributed by atoms with Gasteiger partial charge in [0, 0.05) is 44.1 Å². The number of piperidine rings is 3. The Morgan fingerprint density at radius 3 is 2.45 bits per heavy atom. The fourth-order valence-electron chi connectivity index (χ4n) is 6.62. The summed E-state index contributed by atoms with van der Waals surface area (Å²) in [6.45, 7) is 6.26. The third-order valence-corrected chi connectivity index (χ3v) is 8.14. The third kappa shape index (κ3) is 4.07. The van der Waals surface area contributed by atoms with Gasteiger partial charge < -0.3 is 14.5 Å². The molecule has 4 saturated heterocycles. The van der Waals surface area contributed by atoms with Crippen LogP contribution < -0.4 is 0 Å². The van der Waals surface area contributed by atoms with Crippen LogP contribution in [0.5, 0.6) is 0 Å². The van der Waals surface area contributed by atoms with E-state index in [0.29, 0.717) is 55.4 Å². The number of hydrogen-bond donors (Lipinski definition) is 0. The molecule has 4 heterocycles. The zero-order chi connectivity index (χ0) is 19.8. The molecule has 0 N–H and O–H groups in total. The Labute approximate surface area is 174 Å². The topological polar surface area (TPSA) is 53.1 Å². The van der Waals surface area contributed by atoms with Crippen LogP contribution in [0.3, 0.4) is 0 Å². The monoisotopic (exact) mass is 403 g/mol. The molecule has 4 aliphatic heterocycles. The predicted octanol–water partition coefficient (Wildman–Crippen LogP) is 2.13. The summed E-state index contributed by atoms with van der Waals surface area (Å²) < 4.78 is 5.37. The fourth-order valence-corrected chi connectivity index (χ4v) is 6.62. The standard InChI is InChI=1S/C23H37N3O3/c27-21(24-12-14-29-15-13-24)7-1-6-20-19-5-3-11-25-10-2-4-18(22(19)25)16-26(20)23(28)17-8-9-17/h17-20,22H,1-16H2/t18-,19+,20+,22-/m0/s1. The Balaban J connectivity index is 1.26. The quantitative estimate of drug-likeness (QED) is 0.706. The molecule has 6 heteroatoms. The van der Waals surface area contributed by atoms with E-state index in [1.807, 2.05) is 4.90 Å². The van der Waals surface area contributed by atoms with Crippen molar-refractivity contribution in [3.63, 3.8) is 0 Å². The average Bonchev–Trinajstić information content (AvgIpc) is 3.61. The van der Waals surface area contributed by atoms with Crippen molar-refractivity contribution in [2.24, 2.45) is 17.8 Å². The molecule has 0 unspecified atom stereocenters. The van der Waals surface area contributed by atoms with Crippen molar-refractivity contribution >= 4 is 11.8 Å². The first-order valence-electron chi connectivity index (χ1n) is 12.1. The van der Waals surface area contributed by atoms with E-state index in [1.165, 1.54) is 38.8 Å². The van der Waals surface area contributed by atoms with Gasteiger partial charge in [-0.25, -0.2) is 0 Å². The number of ether oxygens (including phenoxy) is 1. The summed E-state index contributed by atoms with van der Waals surface area (Å²) in [7, 11) is 0. The molecule has 0 bridgehead atoms. The van der Waals surface area contributed by atoms with Crippen LogP contribution in [0, 0.1) is 17.8 Å². The van der Waals surface area contributed by atoms with Crippen LogP contribution in [0.2, 0.25) is 0 Å². The molecule has 0 aromatic heterocycles. The lowest BCUT2D eigenvalue weighted by atomic mass is 9.69. The molecular weight excluding hydrogens is 366 g/mol. The van der Waals surface area contributed by atoms with Gasteiger partial charge in [0.1, 0.15) is 0 Å². The van der Waals surface area contributed by atoms with Crippen LogP contribution in [0.1, 0.15) is 57.8 Å². The molecule has 2 amide bonds. The summed E-state index contributed by atoms with van der Waals surface area (Å²) in [6, 6.07) is 1.03. The van der Waals surface area contributed by atoms with Crippen LogP contribution in [0.15, 0.2) is 0 Å². The third-order valence-electron chi connectivity index (χ3n) is 8.14. The lowest BCUT2D eigenvalue weighted by Gasteiger charge is -2.57. The van der Waals surface area contributed by atoms with Crippen molar-refractivity contribution in [3.05, 3.63) is 0 Å². The van der Waals surface area contributed by atoms with Crippen LogP contribution >= 0.6 is 0 Å². The Bertz CT molecular complexity index is 614. The highest BCUT2D eigenvalue weighted by Gasteiger charge is 2.50. The van der Waals surface area contributed by atoms with E-state index in [0.717, 1.165) is 45.3 Å². The molecule has 162 valence electrons. The van der Waals surface area contributed by atoms with Gasteiger partial charge in [-0.3, -0.25) is 14.5 Å². The Morgan fingerprint density at radius 1 is 0.931 bits per heavy atom. The minimum Gasteiger partial charge on any atom is -0.378 e. The molecule has 5 fully saturated rings. The van der Waals surface area contributed by atoms with Gasteiger partial charge in [0.15, 0.2) is 0 Å². The number of amides is 2. The molecule has 1 aliphatic carbocycles. The van der Waals surface area contributed by atoms with Crippen molar-refractivity contribution in [2.45, 2.75) is 69.9 Å². The summed E-state index contributed by atoms with van der Waals surface area (Å²) in [5.74, 6) is 2.28. The summed E-state index contributed by atoms with van der Waals surface area (Å²) in [5, 5.41) is 0. The van der Waals surface area contributed by atoms with Crippen LogP contribution in [0.4, 0.5) is 0 Å². The smallest absolute Gasteiger partial charge is 0.225 e. The predicted molar refractivity (Wildman–Crippen MR) is 110 cm³/mol. The average molecular weight is 404 g/mol. The summed E-state index contributed by atoms with van der Waals surface area (Å²) in [6.07, 6.45) is 9.79. The highest BCUT2D eigenvalue weighted by atomic mass is 16.5. The second-order valence-electron chi connectivity index (χ2n) is 9.95. The number of rotatable bonds is 5. The molecule has 0 aromatic carbocycles. The van der Waals surface area contributed by atoms with Crippen LogP contribution in [0.25, 0.3) is 0 Å². The first-order valence-corrected chi connectivity index (χ1v) is 12.1. The molecule has 6 nitrogen and oxygen atoms in total. The fraction of sp³-hybridized carbons (Fsp3) is 0.913. The normalized spacial score (nSPS) is 35.3. The number of hydrogen-bond acceptors (Lipinski definition) is 4. The molecule has 0 aromatic rings. The van der Waals surface area contributed by atoms with Crippen molar-refractivity contribution in [2.75, 3.05) is 45.9 Å². The van der Waals surface area contributed by atoms with E-state index in [1.54, 1.807) is 0 Å². The van der Waals surface area contributed by atoms with Gasteiger partial charge in [0.25, 0.3) is 0 Å². The molecular formula is C23H37N3O3. The van der Waals surface area contributed by atoms with Gasteiger partial charge >= 0.3 is 0 Å². The molecule has 0 spiro atoms. The van der Waals surface area contributed by atoms with E-state index in [9.17, 15) is 9.59 Å². The van der Waals surface area contributed by atoms with Crippen LogP contribution in [-0.4, -0.2) is 84.5 Å². The lowest BCUT2D eigenvalue weighted by molar-refractivity contribution is -0.148. The Morgan fingerprint density at radius 2 is 1.69 bits per heavy atom. The number of carbonyl (C=O) groups is 2. The maximum atomic E-state index is 13.2. The van der Waals surface area contributed by atoms with E-state index < -0.39 is 0 Å². The number of carbonyl (C=O) groups excluding carboxylic acids is 2. The summed E-state index contributed by atoms with van der Waals surface area (Å²) in [4.78, 5) is 32.8. The molecule has 5 aliphatic rings. The van der Waals surface area contributed by atoms with Gasteiger partial charge in [-0.15, -0.1) is 0 Å². The molecule has 5 rings (SSSR count). The van der Waals surface area contributed by atoms with Crippen molar-refractivity contribution in [1.82, 2.24) is 14.7 Å². The first-order chi connectivity index (χ1) is 14.2. The minimum atomic E-state index is 0.269. The zero-order valence-corrected chi connectivity index (χ0v) is 17.8. The summed E-state index contributed by atoms with van der Waals surface area (Å²) in [5.41, 5.74) is 0. The summed E-state index contributed by atoms with van der Waals surface area (Å²) >= 11 is 0. The molecule has 29 heavy (non-hydrogen) atoms. The molecule has 0 radical (unpaired) electrons. The second-order valence-corrected chi connectivity index (χ2v) is 9.95. The lowest BCUT2D eigenvalue weighted by Crippen LogP contribution is -2.65. The zero-order valence-electron chi connectivity index (χ0n) is 17.8. The maximum Gasteiger partial charge on any atom is 0.225 e. The molecule has 4 atom stereocenters. The Kier molecular flexibility index (Phi) is 5.83. The van der Waals surface area contributed by atoms with Gasteiger partial charge in [-0.1, -0.05) is 0 Å². The second kappa shape index (κ2) is 8.54. The first kappa shape index (κ1) is 19.8. The SMILES string of the molecule is O=C(CCC[C@@H]1[C@H]2CCCN3CCC[C@@H](CN1C(=O)C1CC1)[C@@H]23)N1CCOCC1. The van der Waals surface area contributed by atoms with Gasteiger partial charge in [-0.2, -0.15) is 0 Å². The number of likely N-dealkylation sites (tertiary alicyclic amines) is 1. The highest BCUT2D eigenvalue weighted by Crippen LogP contribution is 2.45. The maximum absolute atomic E-state index is 13.2. The Hall–Kier alpha value is -1.14. The van der Waals surface area contributed by atoms with E-state index in [4.69, 9.17) is 4.74 Å². The van der Waals surface area contributed by atoms with E-state index >= 15 is 0 Å². The molecule has 1 saturated carbocycles. The van der Waals surface area contributed by atoms with E-state index in [2.05, 4.69) is 9.80 Å². The minimum absolute atomic E-state index is 0.269. The van der Waals surface area contributed by atoms with Crippen molar-refractivity contribution < 1.29 is 14.3 Å². The van der Waals surface area contributed by atoms with E-state index in [-0.39, 0.29) is 5.91 Å². The van der Waals surface area contributed by atoms with Gasteiger partial charge in [0.2, 0.25) is 11.8 Å². The van der Waals surface area contributed by atoms with Gasteiger partial charge in [-0.05, 0) is 76.3 Å². The highest BCUT2D eigenvalue weighted by molar-refractivity contribution is 5.81. The van der Waals surface area contributed by atoms with Crippen LogP contribution in [-0.2, 0) is 14.3 Å². The van der Waals surface area contributed by atoms with Crippen molar-refractivity contribution in [3.8, 4) is 0 Å².